The van der Waals surface area contributed by atoms with Crippen LogP contribution in [0.15, 0.2) is 48.5 Å². The van der Waals surface area contributed by atoms with E-state index < -0.39 is 5.41 Å². The Bertz CT molecular complexity index is 781. The number of carbonyl (C=O) groups is 1. The lowest BCUT2D eigenvalue weighted by Gasteiger charge is -2.40. The van der Waals surface area contributed by atoms with Crippen molar-refractivity contribution in [1.82, 2.24) is 10.2 Å². The van der Waals surface area contributed by atoms with E-state index in [1.165, 1.54) is 17.7 Å². The van der Waals surface area contributed by atoms with Crippen LogP contribution in [0.3, 0.4) is 0 Å². The van der Waals surface area contributed by atoms with Gasteiger partial charge in [-0.05, 0) is 54.8 Å². The van der Waals surface area contributed by atoms with Crippen molar-refractivity contribution in [3.63, 3.8) is 0 Å². The van der Waals surface area contributed by atoms with E-state index in [9.17, 15) is 9.18 Å². The van der Waals surface area contributed by atoms with Gasteiger partial charge in [-0.3, -0.25) is 9.69 Å². The van der Waals surface area contributed by atoms with Crippen LogP contribution in [0.1, 0.15) is 49.8 Å². The molecule has 1 aliphatic carbocycles. The van der Waals surface area contributed by atoms with Crippen LogP contribution in [0.25, 0.3) is 0 Å². The summed E-state index contributed by atoms with van der Waals surface area (Å²) in [6.07, 6.45) is 2.56. The average Bonchev–Trinajstić information content (AvgIpc) is 2.64. The summed E-state index contributed by atoms with van der Waals surface area (Å²) in [6, 6.07) is 14.8. The topological polar surface area (TPSA) is 32.3 Å². The fourth-order valence-corrected chi connectivity index (χ4v) is 3.88. The summed E-state index contributed by atoms with van der Waals surface area (Å²) < 4.78 is 13.7. The average molecular weight is 368 g/mol. The molecule has 0 aromatic heterocycles. The molecule has 0 spiro atoms. The van der Waals surface area contributed by atoms with Gasteiger partial charge >= 0.3 is 0 Å². The molecule has 1 aliphatic rings. The zero-order valence-electron chi connectivity index (χ0n) is 16.3. The highest BCUT2D eigenvalue weighted by atomic mass is 19.1. The molecule has 1 amide bonds. The summed E-state index contributed by atoms with van der Waals surface area (Å²) in [7, 11) is 0. The van der Waals surface area contributed by atoms with Gasteiger partial charge in [-0.15, -0.1) is 0 Å². The standard InChI is InChI=1S/C23H29FN2O/c1-3-26(4-2)17-19-10-6-5-9-18(19)16-25-22(27)23(13-8-14-23)20-11-7-12-21(24)15-20/h5-7,9-12,15H,3-4,8,13-14,16-17H2,1-2H3,(H,25,27). The summed E-state index contributed by atoms with van der Waals surface area (Å²) in [6.45, 7) is 7.71. The van der Waals surface area contributed by atoms with E-state index in [-0.39, 0.29) is 11.7 Å². The Morgan fingerprint density at radius 3 is 2.37 bits per heavy atom. The second-order valence-corrected chi connectivity index (χ2v) is 7.36. The number of rotatable bonds is 8. The Labute approximate surface area is 161 Å². The van der Waals surface area contributed by atoms with E-state index in [1.807, 2.05) is 18.2 Å². The molecule has 144 valence electrons. The molecule has 0 saturated heterocycles. The van der Waals surface area contributed by atoms with Crippen LogP contribution in [0.4, 0.5) is 4.39 Å². The molecule has 4 heteroatoms. The Balaban J connectivity index is 1.72. The lowest BCUT2D eigenvalue weighted by Crippen LogP contribution is -2.49. The highest BCUT2D eigenvalue weighted by Crippen LogP contribution is 2.44. The first-order valence-electron chi connectivity index (χ1n) is 9.92. The van der Waals surface area contributed by atoms with Gasteiger partial charge in [-0.2, -0.15) is 0 Å². The fourth-order valence-electron chi connectivity index (χ4n) is 3.88. The minimum Gasteiger partial charge on any atom is -0.351 e. The molecule has 1 N–H and O–H groups in total. The van der Waals surface area contributed by atoms with Crippen molar-refractivity contribution in [2.45, 2.75) is 51.6 Å². The van der Waals surface area contributed by atoms with Gasteiger partial charge in [0.25, 0.3) is 0 Å². The Morgan fingerprint density at radius 1 is 1.07 bits per heavy atom. The first-order valence-corrected chi connectivity index (χ1v) is 9.92. The van der Waals surface area contributed by atoms with E-state index >= 15 is 0 Å². The minimum atomic E-state index is -0.573. The van der Waals surface area contributed by atoms with Crippen molar-refractivity contribution in [2.75, 3.05) is 13.1 Å². The molecule has 0 aliphatic heterocycles. The predicted molar refractivity (Wildman–Crippen MR) is 107 cm³/mol. The number of nitrogens with zero attached hydrogens (tertiary/aromatic N) is 1. The van der Waals surface area contributed by atoms with Gasteiger partial charge in [0.05, 0.1) is 5.41 Å². The number of hydrogen-bond donors (Lipinski definition) is 1. The van der Waals surface area contributed by atoms with E-state index in [2.05, 4.69) is 36.2 Å². The van der Waals surface area contributed by atoms with Crippen molar-refractivity contribution < 1.29 is 9.18 Å². The highest BCUT2D eigenvalue weighted by molar-refractivity contribution is 5.89. The first-order chi connectivity index (χ1) is 13.1. The van der Waals surface area contributed by atoms with Crippen LogP contribution in [0.2, 0.25) is 0 Å². The van der Waals surface area contributed by atoms with Gasteiger partial charge in [0, 0.05) is 13.1 Å². The first kappa shape index (κ1) is 19.6. The number of benzene rings is 2. The number of halogens is 1. The van der Waals surface area contributed by atoms with Gasteiger partial charge in [0.15, 0.2) is 0 Å². The van der Waals surface area contributed by atoms with Crippen molar-refractivity contribution in [1.29, 1.82) is 0 Å². The lowest BCUT2D eigenvalue weighted by atomic mass is 9.63. The molecule has 27 heavy (non-hydrogen) atoms. The number of carbonyl (C=O) groups excluding carboxylic acids is 1. The van der Waals surface area contributed by atoms with Crippen molar-refractivity contribution in [3.05, 3.63) is 71.0 Å². The third-order valence-electron chi connectivity index (χ3n) is 5.87. The molecule has 0 bridgehead atoms. The maximum atomic E-state index is 13.7. The van der Waals surface area contributed by atoms with Crippen LogP contribution in [0.5, 0.6) is 0 Å². The van der Waals surface area contributed by atoms with E-state index in [4.69, 9.17) is 0 Å². The van der Waals surface area contributed by atoms with Gasteiger partial charge in [0.1, 0.15) is 5.82 Å². The summed E-state index contributed by atoms with van der Waals surface area (Å²) in [4.78, 5) is 15.4. The maximum Gasteiger partial charge on any atom is 0.230 e. The molecule has 0 atom stereocenters. The SMILES string of the molecule is CCN(CC)Cc1ccccc1CNC(=O)C1(c2cccc(F)c2)CCC1. The van der Waals surface area contributed by atoms with E-state index in [1.54, 1.807) is 6.07 Å². The second kappa shape index (κ2) is 8.66. The predicted octanol–water partition coefficient (Wildman–Crippen LogP) is 4.41. The summed E-state index contributed by atoms with van der Waals surface area (Å²) in [5, 5.41) is 3.13. The normalized spacial score (nSPS) is 15.4. The molecule has 0 radical (unpaired) electrons. The largest absolute Gasteiger partial charge is 0.351 e. The molecule has 2 aromatic carbocycles. The van der Waals surface area contributed by atoms with Crippen LogP contribution in [-0.4, -0.2) is 23.9 Å². The lowest BCUT2D eigenvalue weighted by molar-refractivity contribution is -0.130. The third kappa shape index (κ3) is 4.22. The van der Waals surface area contributed by atoms with Crippen molar-refractivity contribution in [3.8, 4) is 0 Å². The van der Waals surface area contributed by atoms with Gasteiger partial charge < -0.3 is 5.32 Å². The summed E-state index contributed by atoms with van der Waals surface area (Å²) >= 11 is 0. The van der Waals surface area contributed by atoms with Crippen LogP contribution in [-0.2, 0) is 23.3 Å². The number of hydrogen-bond acceptors (Lipinski definition) is 2. The molecule has 3 rings (SSSR count). The van der Waals surface area contributed by atoms with E-state index in [0.29, 0.717) is 6.54 Å². The molecule has 1 saturated carbocycles. The third-order valence-corrected chi connectivity index (χ3v) is 5.87. The Hall–Kier alpha value is -2.20. The van der Waals surface area contributed by atoms with Crippen molar-refractivity contribution in [2.24, 2.45) is 0 Å². The molecule has 3 nitrogen and oxygen atoms in total. The summed E-state index contributed by atoms with van der Waals surface area (Å²) in [5.41, 5.74) is 2.61. The molecular weight excluding hydrogens is 339 g/mol. The zero-order chi connectivity index (χ0) is 19.3. The fraction of sp³-hybridized carbons (Fsp3) is 0.435. The van der Waals surface area contributed by atoms with Crippen molar-refractivity contribution >= 4 is 5.91 Å². The molecule has 1 fully saturated rings. The van der Waals surface area contributed by atoms with E-state index in [0.717, 1.165) is 50.0 Å². The molecule has 0 unspecified atom stereocenters. The highest BCUT2D eigenvalue weighted by Gasteiger charge is 2.45. The molecular formula is C23H29FN2O. The smallest absolute Gasteiger partial charge is 0.230 e. The number of amides is 1. The van der Waals surface area contributed by atoms with Gasteiger partial charge in [0.2, 0.25) is 5.91 Å². The molecule has 0 heterocycles. The monoisotopic (exact) mass is 368 g/mol. The maximum absolute atomic E-state index is 13.7. The van der Waals surface area contributed by atoms with Gasteiger partial charge in [-0.25, -0.2) is 4.39 Å². The Kier molecular flexibility index (Phi) is 6.27. The minimum absolute atomic E-state index is 0.0111. The zero-order valence-corrected chi connectivity index (χ0v) is 16.3. The van der Waals surface area contributed by atoms with Crippen LogP contribution in [0, 0.1) is 5.82 Å². The van der Waals surface area contributed by atoms with Crippen LogP contribution >= 0.6 is 0 Å². The second-order valence-electron chi connectivity index (χ2n) is 7.36. The summed E-state index contributed by atoms with van der Waals surface area (Å²) in [5.74, 6) is -0.270. The molecule has 2 aromatic rings. The quantitative estimate of drug-likeness (QED) is 0.749. The Morgan fingerprint density at radius 2 is 1.78 bits per heavy atom. The van der Waals surface area contributed by atoms with Gasteiger partial charge in [-0.1, -0.05) is 56.7 Å². The number of nitrogens with one attached hydrogen (secondary N) is 1. The van der Waals surface area contributed by atoms with Crippen LogP contribution < -0.4 is 5.32 Å².